The molecule has 0 atom stereocenters. The van der Waals surface area contributed by atoms with E-state index in [1.807, 2.05) is 0 Å². The molecule has 0 saturated heterocycles. The minimum absolute atomic E-state index is 0.135. The molecule has 1 amide bonds. The topological polar surface area (TPSA) is 42.0 Å². The van der Waals surface area contributed by atoms with Gasteiger partial charge >= 0.3 is 0 Å². The average molecular weight is 234 g/mol. The Morgan fingerprint density at radius 3 is 2.65 bits per heavy atom. The quantitative estimate of drug-likeness (QED) is 0.867. The summed E-state index contributed by atoms with van der Waals surface area (Å²) in [4.78, 5) is 15.4. The minimum atomic E-state index is -1.09. The molecule has 1 aromatic carbocycles. The number of carbonyl (C=O) groups excluding carboxylic acids is 1. The second-order valence-electron chi connectivity index (χ2n) is 3.27. The van der Waals surface area contributed by atoms with Gasteiger partial charge in [0.2, 0.25) is 0 Å². The minimum Gasteiger partial charge on any atom is -0.318 e. The maximum atomic E-state index is 13.3. The summed E-state index contributed by atoms with van der Waals surface area (Å²) in [7, 11) is 0. The predicted molar refractivity (Wildman–Crippen MR) is 58.5 cm³/mol. The number of nitrogens with one attached hydrogen (secondary N) is 1. The van der Waals surface area contributed by atoms with E-state index in [-0.39, 0.29) is 11.4 Å². The number of aromatic nitrogens is 1. The molecule has 1 heterocycles. The lowest BCUT2D eigenvalue weighted by Crippen LogP contribution is -2.14. The lowest BCUT2D eigenvalue weighted by Gasteiger charge is -2.05. The van der Waals surface area contributed by atoms with Crippen molar-refractivity contribution in [1.29, 1.82) is 0 Å². The molecule has 5 heteroatoms. The van der Waals surface area contributed by atoms with E-state index >= 15 is 0 Å². The first kappa shape index (κ1) is 11.2. The summed E-state index contributed by atoms with van der Waals surface area (Å²) in [6, 6.07) is 8.33. The Morgan fingerprint density at radius 2 is 1.94 bits per heavy atom. The van der Waals surface area contributed by atoms with Crippen molar-refractivity contribution in [3.05, 3.63) is 59.9 Å². The molecule has 0 aliphatic carbocycles. The van der Waals surface area contributed by atoms with Crippen molar-refractivity contribution in [3.63, 3.8) is 0 Å². The Bertz CT molecular complexity index is 543. The van der Waals surface area contributed by atoms with Crippen molar-refractivity contribution in [2.24, 2.45) is 0 Å². The van der Waals surface area contributed by atoms with Crippen LogP contribution in [0.5, 0.6) is 0 Å². The number of hydrogen-bond donors (Lipinski definition) is 1. The van der Waals surface area contributed by atoms with Crippen molar-refractivity contribution in [2.45, 2.75) is 0 Å². The van der Waals surface area contributed by atoms with E-state index < -0.39 is 17.5 Å². The molecule has 86 valence electrons. The molecule has 2 aromatic rings. The van der Waals surface area contributed by atoms with Gasteiger partial charge in [-0.3, -0.25) is 9.78 Å². The number of amides is 1. The molecule has 0 radical (unpaired) electrons. The monoisotopic (exact) mass is 234 g/mol. The summed E-state index contributed by atoms with van der Waals surface area (Å²) in [6.07, 6.45) is 1.44. The van der Waals surface area contributed by atoms with Crippen LogP contribution in [0.4, 0.5) is 14.5 Å². The van der Waals surface area contributed by atoms with Crippen molar-refractivity contribution in [1.82, 2.24) is 4.98 Å². The Labute approximate surface area is 96.1 Å². The fourth-order valence-corrected chi connectivity index (χ4v) is 1.28. The first-order valence-electron chi connectivity index (χ1n) is 4.85. The summed E-state index contributed by atoms with van der Waals surface area (Å²) in [5, 5.41) is 2.25. The molecule has 0 aliphatic heterocycles. The Morgan fingerprint density at radius 1 is 1.12 bits per heavy atom. The van der Waals surface area contributed by atoms with Gasteiger partial charge < -0.3 is 5.32 Å². The molecule has 0 fully saturated rings. The first-order chi connectivity index (χ1) is 8.18. The number of anilines is 1. The largest absolute Gasteiger partial charge is 0.318 e. The maximum Gasteiger partial charge on any atom is 0.274 e. The molecular weight excluding hydrogens is 226 g/mol. The molecule has 0 saturated carbocycles. The van der Waals surface area contributed by atoms with Crippen LogP contribution in [-0.2, 0) is 0 Å². The zero-order valence-corrected chi connectivity index (χ0v) is 8.65. The highest BCUT2D eigenvalue weighted by Crippen LogP contribution is 2.17. The lowest BCUT2D eigenvalue weighted by atomic mass is 10.2. The van der Waals surface area contributed by atoms with Gasteiger partial charge in [0.25, 0.3) is 5.91 Å². The van der Waals surface area contributed by atoms with Crippen LogP contribution in [0.3, 0.4) is 0 Å². The summed E-state index contributed by atoms with van der Waals surface area (Å²) < 4.78 is 26.2. The van der Waals surface area contributed by atoms with E-state index in [0.717, 1.165) is 6.07 Å². The van der Waals surface area contributed by atoms with Crippen LogP contribution < -0.4 is 5.32 Å². The van der Waals surface area contributed by atoms with Crippen molar-refractivity contribution in [3.8, 4) is 0 Å². The third-order valence-electron chi connectivity index (χ3n) is 2.10. The highest BCUT2D eigenvalue weighted by Gasteiger charge is 2.12. The first-order valence-corrected chi connectivity index (χ1v) is 4.85. The molecule has 0 bridgehead atoms. The van der Waals surface area contributed by atoms with Crippen molar-refractivity contribution >= 4 is 11.6 Å². The zero-order valence-electron chi connectivity index (χ0n) is 8.65. The van der Waals surface area contributed by atoms with Gasteiger partial charge in [0.15, 0.2) is 11.6 Å². The molecule has 1 N–H and O–H groups in total. The SMILES string of the molecule is O=C(Nc1cccc(F)c1F)c1ccccn1. The molecule has 0 spiro atoms. The number of halogens is 2. The fraction of sp³-hybridized carbons (Fsp3) is 0. The van der Waals surface area contributed by atoms with Gasteiger partial charge in [-0.15, -0.1) is 0 Å². The second-order valence-corrected chi connectivity index (χ2v) is 3.27. The Kier molecular flexibility index (Phi) is 3.09. The van der Waals surface area contributed by atoms with Gasteiger partial charge in [-0.2, -0.15) is 0 Å². The van der Waals surface area contributed by atoms with E-state index in [0.29, 0.717) is 0 Å². The molecule has 17 heavy (non-hydrogen) atoms. The van der Waals surface area contributed by atoms with Gasteiger partial charge in [-0.05, 0) is 24.3 Å². The highest BCUT2D eigenvalue weighted by atomic mass is 19.2. The molecule has 0 unspecified atom stereocenters. The molecule has 0 aliphatic rings. The number of pyridine rings is 1. The maximum absolute atomic E-state index is 13.3. The number of hydrogen-bond acceptors (Lipinski definition) is 2. The molecule has 3 nitrogen and oxygen atoms in total. The highest BCUT2D eigenvalue weighted by molar-refractivity contribution is 6.02. The smallest absolute Gasteiger partial charge is 0.274 e. The Hall–Kier alpha value is -2.30. The summed E-state index contributed by atoms with van der Waals surface area (Å²) in [5.74, 6) is -2.68. The summed E-state index contributed by atoms with van der Waals surface area (Å²) >= 11 is 0. The van der Waals surface area contributed by atoms with E-state index in [1.54, 1.807) is 12.1 Å². The number of carbonyl (C=O) groups is 1. The third-order valence-corrected chi connectivity index (χ3v) is 2.10. The van der Waals surface area contributed by atoms with Crippen molar-refractivity contribution < 1.29 is 13.6 Å². The second kappa shape index (κ2) is 4.69. The predicted octanol–water partition coefficient (Wildman–Crippen LogP) is 2.61. The zero-order chi connectivity index (χ0) is 12.3. The molecular formula is C12H8F2N2O. The van der Waals surface area contributed by atoms with Crippen LogP contribution in [0.15, 0.2) is 42.6 Å². The summed E-state index contributed by atoms with van der Waals surface area (Å²) in [5.41, 5.74) is -0.0724. The number of nitrogens with zero attached hydrogens (tertiary/aromatic N) is 1. The van der Waals surface area contributed by atoms with Gasteiger partial charge in [0, 0.05) is 6.20 Å². The van der Waals surface area contributed by atoms with Gasteiger partial charge in [-0.25, -0.2) is 8.78 Å². The van der Waals surface area contributed by atoms with E-state index in [1.165, 1.54) is 24.4 Å². The third kappa shape index (κ3) is 2.44. The van der Waals surface area contributed by atoms with E-state index in [4.69, 9.17) is 0 Å². The van der Waals surface area contributed by atoms with Crippen LogP contribution in [0.25, 0.3) is 0 Å². The average Bonchev–Trinajstić information content (AvgIpc) is 2.36. The van der Waals surface area contributed by atoms with Gasteiger partial charge in [0.1, 0.15) is 5.69 Å². The van der Waals surface area contributed by atoms with E-state index in [2.05, 4.69) is 10.3 Å². The lowest BCUT2D eigenvalue weighted by molar-refractivity contribution is 0.102. The van der Waals surface area contributed by atoms with E-state index in [9.17, 15) is 13.6 Å². The standard InChI is InChI=1S/C12H8F2N2O/c13-8-4-3-6-9(11(8)14)16-12(17)10-5-1-2-7-15-10/h1-7H,(H,16,17). The Balaban J connectivity index is 2.22. The van der Waals surface area contributed by atoms with Crippen LogP contribution in [0.2, 0.25) is 0 Å². The van der Waals surface area contributed by atoms with Crippen LogP contribution in [0, 0.1) is 11.6 Å². The fourth-order valence-electron chi connectivity index (χ4n) is 1.28. The van der Waals surface area contributed by atoms with Crippen LogP contribution in [0.1, 0.15) is 10.5 Å². The normalized spacial score (nSPS) is 10.0. The number of rotatable bonds is 2. The number of benzene rings is 1. The molecule has 1 aromatic heterocycles. The van der Waals surface area contributed by atoms with Crippen molar-refractivity contribution in [2.75, 3.05) is 5.32 Å². The van der Waals surface area contributed by atoms with Gasteiger partial charge in [0.05, 0.1) is 5.69 Å². The van der Waals surface area contributed by atoms with Gasteiger partial charge in [-0.1, -0.05) is 12.1 Å². The summed E-state index contributed by atoms with van der Waals surface area (Å²) in [6.45, 7) is 0. The molecule has 2 rings (SSSR count). The van der Waals surface area contributed by atoms with Crippen LogP contribution in [-0.4, -0.2) is 10.9 Å². The van der Waals surface area contributed by atoms with Crippen LogP contribution >= 0.6 is 0 Å².